The van der Waals surface area contributed by atoms with Crippen LogP contribution in [0, 0.1) is 0 Å². The summed E-state index contributed by atoms with van der Waals surface area (Å²) in [6, 6.07) is 6.16. The van der Waals surface area contributed by atoms with Gasteiger partial charge in [0.15, 0.2) is 0 Å². The third-order valence-corrected chi connectivity index (χ3v) is 4.44. The molecule has 4 heteroatoms. The minimum atomic E-state index is -0.538. The second kappa shape index (κ2) is 6.94. The number of benzene rings is 1. The first-order chi connectivity index (χ1) is 9.13. The molecule has 1 aliphatic rings. The quantitative estimate of drug-likeness (QED) is 0.812. The highest BCUT2D eigenvalue weighted by Crippen LogP contribution is 2.32. The first kappa shape index (κ1) is 15.1. The van der Waals surface area contributed by atoms with Gasteiger partial charge in [-0.25, -0.2) is 0 Å². The van der Waals surface area contributed by atoms with Gasteiger partial charge in [0.05, 0.1) is 16.1 Å². The molecule has 1 aliphatic carbocycles. The molecule has 1 aromatic rings. The lowest BCUT2D eigenvalue weighted by atomic mass is 10.1. The second-order valence-corrected chi connectivity index (χ2v) is 6.00. The molecule has 19 heavy (non-hydrogen) atoms. The summed E-state index contributed by atoms with van der Waals surface area (Å²) in [5, 5.41) is 11.3. The molecule has 0 bridgehead atoms. The van der Waals surface area contributed by atoms with Crippen molar-refractivity contribution in [3.8, 4) is 0 Å². The summed E-state index contributed by atoms with van der Waals surface area (Å²) >= 11 is 12.1. The summed E-state index contributed by atoms with van der Waals surface area (Å²) < 4.78 is 0. The Bertz CT molecular complexity index is 421. The highest BCUT2D eigenvalue weighted by atomic mass is 35.5. The summed E-state index contributed by atoms with van der Waals surface area (Å²) in [4.78, 5) is 2.47. The van der Waals surface area contributed by atoms with Crippen LogP contribution in [0.2, 0.25) is 10.0 Å². The third kappa shape index (κ3) is 4.09. The van der Waals surface area contributed by atoms with E-state index in [0.717, 1.165) is 31.1 Å². The molecule has 1 fully saturated rings. The van der Waals surface area contributed by atoms with E-state index in [-0.39, 0.29) is 0 Å². The summed E-state index contributed by atoms with van der Waals surface area (Å²) in [5.41, 5.74) is 0.737. The van der Waals surface area contributed by atoms with E-state index in [1.165, 1.54) is 12.8 Å². The van der Waals surface area contributed by atoms with Crippen molar-refractivity contribution in [3.63, 3.8) is 0 Å². The molecule has 1 atom stereocenters. The van der Waals surface area contributed by atoms with Gasteiger partial charge in [-0.15, -0.1) is 0 Å². The average Bonchev–Trinajstić information content (AvgIpc) is 3.21. The van der Waals surface area contributed by atoms with Crippen molar-refractivity contribution in [2.24, 2.45) is 0 Å². The molecule has 2 nitrogen and oxygen atoms in total. The van der Waals surface area contributed by atoms with Crippen LogP contribution in [0.1, 0.15) is 44.3 Å². The van der Waals surface area contributed by atoms with Crippen LogP contribution in [-0.4, -0.2) is 29.1 Å². The Morgan fingerprint density at radius 1 is 1.32 bits per heavy atom. The zero-order valence-electron chi connectivity index (χ0n) is 11.3. The third-order valence-electron chi connectivity index (χ3n) is 3.60. The van der Waals surface area contributed by atoms with Gasteiger partial charge in [0.25, 0.3) is 0 Å². The van der Waals surface area contributed by atoms with Crippen LogP contribution in [-0.2, 0) is 0 Å². The lowest BCUT2D eigenvalue weighted by molar-refractivity contribution is 0.139. The summed E-state index contributed by atoms with van der Waals surface area (Å²) in [6.45, 7) is 4.23. The van der Waals surface area contributed by atoms with Gasteiger partial charge < -0.3 is 10.0 Å². The molecule has 1 N–H and O–H groups in total. The maximum absolute atomic E-state index is 10.3. The number of aliphatic hydroxyl groups excluding tert-OH is 1. The molecule has 0 heterocycles. The van der Waals surface area contributed by atoms with Crippen LogP contribution in [0.4, 0.5) is 0 Å². The molecule has 0 aliphatic heterocycles. The molecule has 0 spiro atoms. The summed E-state index contributed by atoms with van der Waals surface area (Å²) in [7, 11) is 0. The fourth-order valence-corrected chi connectivity index (χ4v) is 2.86. The Labute approximate surface area is 125 Å². The van der Waals surface area contributed by atoms with E-state index in [0.29, 0.717) is 16.5 Å². The van der Waals surface area contributed by atoms with Gasteiger partial charge in [-0.3, -0.25) is 0 Å². The van der Waals surface area contributed by atoms with Gasteiger partial charge in [0, 0.05) is 18.2 Å². The topological polar surface area (TPSA) is 23.5 Å². The van der Waals surface area contributed by atoms with Crippen LogP contribution < -0.4 is 0 Å². The van der Waals surface area contributed by atoms with Crippen molar-refractivity contribution >= 4 is 23.2 Å². The summed E-state index contributed by atoms with van der Waals surface area (Å²) in [5.74, 6) is 0. The van der Waals surface area contributed by atoms with E-state index in [2.05, 4.69) is 11.8 Å². The second-order valence-electron chi connectivity index (χ2n) is 5.21. The number of nitrogens with zero attached hydrogens (tertiary/aromatic N) is 1. The fraction of sp³-hybridized carbons (Fsp3) is 0.600. The van der Waals surface area contributed by atoms with E-state index >= 15 is 0 Å². The van der Waals surface area contributed by atoms with Gasteiger partial charge in [0.2, 0.25) is 0 Å². The highest BCUT2D eigenvalue weighted by Gasteiger charge is 2.28. The molecule has 2 rings (SSSR count). The molecule has 1 unspecified atom stereocenters. The molecule has 0 radical (unpaired) electrons. The van der Waals surface area contributed by atoms with Crippen molar-refractivity contribution in [2.45, 2.75) is 44.8 Å². The van der Waals surface area contributed by atoms with Crippen molar-refractivity contribution in [1.82, 2.24) is 4.90 Å². The van der Waals surface area contributed by atoms with Gasteiger partial charge in [-0.1, -0.05) is 42.3 Å². The normalized spacial score (nSPS) is 16.9. The van der Waals surface area contributed by atoms with Crippen LogP contribution in [0.25, 0.3) is 0 Å². The van der Waals surface area contributed by atoms with Crippen molar-refractivity contribution in [2.75, 3.05) is 13.1 Å². The summed E-state index contributed by atoms with van der Waals surface area (Å²) in [6.07, 6.45) is 3.92. The minimum Gasteiger partial charge on any atom is -0.388 e. The van der Waals surface area contributed by atoms with Gasteiger partial charge in [-0.2, -0.15) is 0 Å². The number of hydrogen-bond acceptors (Lipinski definition) is 2. The zero-order valence-corrected chi connectivity index (χ0v) is 12.8. The average molecular weight is 302 g/mol. The molecule has 0 aromatic heterocycles. The first-order valence-electron chi connectivity index (χ1n) is 6.99. The number of hydrogen-bond donors (Lipinski definition) is 1. The largest absolute Gasteiger partial charge is 0.388 e. The van der Waals surface area contributed by atoms with Crippen LogP contribution >= 0.6 is 23.2 Å². The van der Waals surface area contributed by atoms with E-state index in [9.17, 15) is 5.11 Å². The maximum Gasteiger partial charge on any atom is 0.0817 e. The SMILES string of the molecule is CCCN(CCC(O)c1cccc(Cl)c1Cl)C1CC1. The Morgan fingerprint density at radius 2 is 2.05 bits per heavy atom. The molecule has 0 saturated heterocycles. The van der Waals surface area contributed by atoms with Crippen LogP contribution in [0.3, 0.4) is 0 Å². The Balaban J connectivity index is 1.92. The maximum atomic E-state index is 10.3. The lowest BCUT2D eigenvalue weighted by Gasteiger charge is -2.23. The molecular weight excluding hydrogens is 281 g/mol. The molecule has 106 valence electrons. The predicted octanol–water partition coefficient (Wildman–Crippen LogP) is 4.29. The van der Waals surface area contributed by atoms with Crippen molar-refractivity contribution in [1.29, 1.82) is 0 Å². The van der Waals surface area contributed by atoms with E-state index < -0.39 is 6.10 Å². The lowest BCUT2D eigenvalue weighted by Crippen LogP contribution is -2.29. The van der Waals surface area contributed by atoms with Gasteiger partial charge in [-0.05, 0) is 38.3 Å². The van der Waals surface area contributed by atoms with Crippen molar-refractivity contribution in [3.05, 3.63) is 33.8 Å². The fourth-order valence-electron chi connectivity index (χ4n) is 2.43. The standard InChI is InChI=1S/C15H21Cl2NO/c1-2-9-18(11-6-7-11)10-8-14(19)12-4-3-5-13(16)15(12)17/h3-5,11,14,19H,2,6-10H2,1H3. The number of aliphatic hydroxyl groups is 1. The van der Waals surface area contributed by atoms with E-state index in [1.54, 1.807) is 6.07 Å². The molecule has 0 amide bonds. The van der Waals surface area contributed by atoms with Crippen LogP contribution in [0.5, 0.6) is 0 Å². The van der Waals surface area contributed by atoms with Gasteiger partial charge >= 0.3 is 0 Å². The highest BCUT2D eigenvalue weighted by molar-refractivity contribution is 6.42. The van der Waals surface area contributed by atoms with E-state index in [1.807, 2.05) is 12.1 Å². The molecule has 1 saturated carbocycles. The number of rotatable bonds is 7. The smallest absolute Gasteiger partial charge is 0.0817 e. The zero-order chi connectivity index (χ0) is 13.8. The first-order valence-corrected chi connectivity index (χ1v) is 7.75. The Morgan fingerprint density at radius 3 is 2.68 bits per heavy atom. The Hall–Kier alpha value is -0.280. The minimum absolute atomic E-state index is 0.477. The molecular formula is C15H21Cl2NO. The molecule has 1 aromatic carbocycles. The van der Waals surface area contributed by atoms with E-state index in [4.69, 9.17) is 23.2 Å². The predicted molar refractivity (Wildman–Crippen MR) is 80.9 cm³/mol. The van der Waals surface area contributed by atoms with Gasteiger partial charge in [0.1, 0.15) is 0 Å². The number of halogens is 2. The monoisotopic (exact) mass is 301 g/mol. The van der Waals surface area contributed by atoms with Crippen molar-refractivity contribution < 1.29 is 5.11 Å². The van der Waals surface area contributed by atoms with Crippen LogP contribution in [0.15, 0.2) is 18.2 Å². The Kier molecular flexibility index (Phi) is 5.52.